The van der Waals surface area contributed by atoms with Crippen LogP contribution in [-0.2, 0) is 0 Å². The van der Waals surface area contributed by atoms with Gasteiger partial charge in [0.1, 0.15) is 17.7 Å². The second-order valence-electron chi connectivity index (χ2n) is 6.43. The molecule has 0 unspecified atom stereocenters. The molecule has 0 aromatic heterocycles. The molecule has 4 nitrogen and oxygen atoms in total. The first kappa shape index (κ1) is 19.7. The molecule has 0 radical (unpaired) electrons. The second kappa shape index (κ2) is 8.65. The molecule has 2 rings (SSSR count). The van der Waals surface area contributed by atoms with E-state index in [0.717, 1.165) is 10.5 Å². The first-order valence-corrected chi connectivity index (χ1v) is 9.26. The van der Waals surface area contributed by atoms with Gasteiger partial charge in [-0.3, -0.25) is 0 Å². The molecule has 0 spiro atoms. The highest BCUT2D eigenvalue weighted by Gasteiger charge is 2.23. The molecular weight excluding hydrogens is 344 g/mol. The number of nitriles is 2. The van der Waals surface area contributed by atoms with E-state index < -0.39 is 0 Å². The number of ether oxygens (including phenoxy) is 2. The molecule has 2 aromatic rings. The standard InChI is InChI=1S/C21H22N2O2S/c1-13(2)24-19-10-16(11-22)21(18(12-23)20(19)25-14(3)4)26-17-8-6-15(5)7-9-17/h6-10,13-14H,1-5H3. The summed E-state index contributed by atoms with van der Waals surface area (Å²) in [6.45, 7) is 9.59. The van der Waals surface area contributed by atoms with Crippen LogP contribution in [0.4, 0.5) is 0 Å². The first-order valence-electron chi connectivity index (χ1n) is 8.44. The molecule has 134 valence electrons. The number of benzene rings is 2. The van der Waals surface area contributed by atoms with Crippen molar-refractivity contribution in [3.8, 4) is 23.6 Å². The summed E-state index contributed by atoms with van der Waals surface area (Å²) in [7, 11) is 0. The van der Waals surface area contributed by atoms with Gasteiger partial charge in [-0.15, -0.1) is 0 Å². The molecule has 0 aliphatic rings. The normalized spacial score (nSPS) is 10.5. The summed E-state index contributed by atoms with van der Waals surface area (Å²) in [6, 6.07) is 14.0. The lowest BCUT2D eigenvalue weighted by Gasteiger charge is -2.20. The van der Waals surface area contributed by atoms with E-state index in [1.807, 2.05) is 58.9 Å². The van der Waals surface area contributed by atoms with Crippen LogP contribution in [0.5, 0.6) is 11.5 Å². The van der Waals surface area contributed by atoms with Crippen LogP contribution in [0.15, 0.2) is 40.1 Å². The Bertz CT molecular complexity index is 860. The van der Waals surface area contributed by atoms with Crippen LogP contribution in [0.1, 0.15) is 44.4 Å². The molecule has 0 amide bonds. The Hall–Kier alpha value is -2.63. The zero-order valence-corrected chi connectivity index (χ0v) is 16.5. The summed E-state index contributed by atoms with van der Waals surface area (Å²) >= 11 is 1.39. The molecule has 0 fully saturated rings. The fraction of sp³-hybridized carbons (Fsp3) is 0.333. The van der Waals surface area contributed by atoms with E-state index in [1.165, 1.54) is 11.8 Å². The van der Waals surface area contributed by atoms with Crippen LogP contribution in [0.2, 0.25) is 0 Å². The van der Waals surface area contributed by atoms with Gasteiger partial charge in [-0.1, -0.05) is 29.5 Å². The van der Waals surface area contributed by atoms with Crippen LogP contribution in [0.25, 0.3) is 0 Å². The van der Waals surface area contributed by atoms with E-state index in [2.05, 4.69) is 12.1 Å². The number of aryl methyl sites for hydroxylation is 1. The van der Waals surface area contributed by atoms with E-state index in [9.17, 15) is 10.5 Å². The van der Waals surface area contributed by atoms with Crippen LogP contribution in [-0.4, -0.2) is 12.2 Å². The number of nitrogens with zero attached hydrogens (tertiary/aromatic N) is 2. The highest BCUT2D eigenvalue weighted by molar-refractivity contribution is 7.99. The topological polar surface area (TPSA) is 66.0 Å². The fourth-order valence-corrected chi connectivity index (χ4v) is 3.29. The summed E-state index contributed by atoms with van der Waals surface area (Å²) in [5, 5.41) is 19.4. The maximum atomic E-state index is 9.80. The Kier molecular flexibility index (Phi) is 6.55. The van der Waals surface area contributed by atoms with Crippen LogP contribution in [0, 0.1) is 29.6 Å². The highest BCUT2D eigenvalue weighted by atomic mass is 32.2. The smallest absolute Gasteiger partial charge is 0.180 e. The van der Waals surface area contributed by atoms with E-state index in [-0.39, 0.29) is 12.2 Å². The van der Waals surface area contributed by atoms with Gasteiger partial charge in [-0.25, -0.2) is 0 Å². The Balaban J connectivity index is 2.63. The molecule has 0 atom stereocenters. The molecule has 0 bridgehead atoms. The van der Waals surface area contributed by atoms with Crippen molar-refractivity contribution in [2.45, 2.75) is 56.6 Å². The fourth-order valence-electron chi connectivity index (χ4n) is 2.33. The van der Waals surface area contributed by atoms with Gasteiger partial charge in [0.05, 0.1) is 22.7 Å². The van der Waals surface area contributed by atoms with Gasteiger partial charge in [0, 0.05) is 11.0 Å². The molecule has 0 saturated heterocycles. The summed E-state index contributed by atoms with van der Waals surface area (Å²) in [4.78, 5) is 1.54. The van der Waals surface area contributed by atoms with E-state index in [0.29, 0.717) is 27.5 Å². The molecule has 26 heavy (non-hydrogen) atoms. The average Bonchev–Trinajstić information content (AvgIpc) is 2.58. The lowest BCUT2D eigenvalue weighted by Crippen LogP contribution is -2.13. The maximum absolute atomic E-state index is 9.80. The minimum Gasteiger partial charge on any atom is -0.487 e. The lowest BCUT2D eigenvalue weighted by molar-refractivity contribution is 0.197. The molecule has 5 heteroatoms. The van der Waals surface area contributed by atoms with Crippen LogP contribution in [0.3, 0.4) is 0 Å². The number of hydrogen-bond donors (Lipinski definition) is 0. The molecule has 0 saturated carbocycles. The van der Waals surface area contributed by atoms with Crippen molar-refractivity contribution in [2.75, 3.05) is 0 Å². The minimum atomic E-state index is -0.123. The maximum Gasteiger partial charge on any atom is 0.180 e. The van der Waals surface area contributed by atoms with Crippen LogP contribution >= 0.6 is 11.8 Å². The summed E-state index contributed by atoms with van der Waals surface area (Å²) in [5.74, 6) is 0.819. The van der Waals surface area contributed by atoms with Gasteiger partial charge >= 0.3 is 0 Å². The van der Waals surface area contributed by atoms with Gasteiger partial charge in [0.25, 0.3) is 0 Å². The monoisotopic (exact) mass is 366 g/mol. The predicted molar refractivity (Wildman–Crippen MR) is 103 cm³/mol. The summed E-state index contributed by atoms with van der Waals surface area (Å²) < 4.78 is 11.7. The van der Waals surface area contributed by atoms with Gasteiger partial charge in [0.15, 0.2) is 11.5 Å². The quantitative estimate of drug-likeness (QED) is 0.679. The van der Waals surface area contributed by atoms with Gasteiger partial charge < -0.3 is 9.47 Å². The molecule has 2 aromatic carbocycles. The SMILES string of the molecule is Cc1ccc(Sc2c(C#N)cc(OC(C)C)c(OC(C)C)c2C#N)cc1. The number of hydrogen-bond acceptors (Lipinski definition) is 5. The summed E-state index contributed by atoms with van der Waals surface area (Å²) in [6.07, 6.45) is -0.222. The third kappa shape index (κ3) is 4.71. The Morgan fingerprint density at radius 2 is 1.54 bits per heavy atom. The van der Waals surface area contributed by atoms with Crippen molar-refractivity contribution >= 4 is 11.8 Å². The minimum absolute atomic E-state index is 0.0989. The van der Waals surface area contributed by atoms with E-state index in [1.54, 1.807) is 6.07 Å². The van der Waals surface area contributed by atoms with Crippen molar-refractivity contribution in [3.63, 3.8) is 0 Å². The first-order chi connectivity index (χ1) is 12.3. The van der Waals surface area contributed by atoms with Crippen molar-refractivity contribution in [2.24, 2.45) is 0 Å². The average molecular weight is 366 g/mol. The molecule has 0 heterocycles. The zero-order valence-electron chi connectivity index (χ0n) is 15.7. The van der Waals surface area contributed by atoms with E-state index >= 15 is 0 Å². The third-order valence-corrected chi connectivity index (χ3v) is 4.52. The second-order valence-corrected chi connectivity index (χ2v) is 7.51. The molecule has 0 N–H and O–H groups in total. The highest BCUT2D eigenvalue weighted by Crippen LogP contribution is 2.43. The predicted octanol–water partition coefficient (Wildman–Crippen LogP) is 5.46. The summed E-state index contributed by atoms with van der Waals surface area (Å²) in [5.41, 5.74) is 1.89. The van der Waals surface area contributed by atoms with Gasteiger partial charge in [-0.05, 0) is 46.8 Å². The zero-order chi connectivity index (χ0) is 19.3. The van der Waals surface area contributed by atoms with Crippen molar-refractivity contribution < 1.29 is 9.47 Å². The Labute approximate surface area is 159 Å². The largest absolute Gasteiger partial charge is 0.487 e. The number of rotatable bonds is 6. The van der Waals surface area contributed by atoms with Gasteiger partial charge in [0.2, 0.25) is 0 Å². The molecule has 0 aliphatic carbocycles. The van der Waals surface area contributed by atoms with E-state index in [4.69, 9.17) is 9.47 Å². The Morgan fingerprint density at radius 1 is 0.923 bits per heavy atom. The Morgan fingerprint density at radius 3 is 2.04 bits per heavy atom. The van der Waals surface area contributed by atoms with Crippen molar-refractivity contribution in [1.29, 1.82) is 10.5 Å². The van der Waals surface area contributed by atoms with Crippen LogP contribution < -0.4 is 9.47 Å². The third-order valence-electron chi connectivity index (χ3n) is 3.39. The lowest BCUT2D eigenvalue weighted by atomic mass is 10.1. The molecule has 0 aliphatic heterocycles. The van der Waals surface area contributed by atoms with Crippen molar-refractivity contribution in [1.82, 2.24) is 0 Å². The molecular formula is C21H22N2O2S. The van der Waals surface area contributed by atoms with Crippen molar-refractivity contribution in [3.05, 3.63) is 47.0 Å². The van der Waals surface area contributed by atoms with Gasteiger partial charge in [-0.2, -0.15) is 10.5 Å².